The Morgan fingerprint density at radius 3 is 2.46 bits per heavy atom. The second-order valence-corrected chi connectivity index (χ2v) is 5.16. The minimum Gasteiger partial charge on any atom is -0.396 e. The third kappa shape index (κ3) is 1.17. The molecule has 0 bridgehead atoms. The lowest BCUT2D eigenvalue weighted by atomic mass is 10.1. The Morgan fingerprint density at radius 1 is 1.54 bits per heavy atom. The van der Waals surface area contributed by atoms with Crippen LogP contribution in [0.25, 0.3) is 0 Å². The molecule has 0 aromatic carbocycles. The number of rotatable bonds is 1. The van der Waals surface area contributed by atoms with Gasteiger partial charge in [-0.25, -0.2) is 0 Å². The van der Waals surface area contributed by atoms with Crippen molar-refractivity contribution >= 4 is 5.91 Å². The summed E-state index contributed by atoms with van der Waals surface area (Å²) >= 11 is 0. The molecule has 0 aromatic rings. The van der Waals surface area contributed by atoms with E-state index in [4.69, 9.17) is 5.11 Å². The molecular weight excluding hydrogens is 166 g/mol. The molecule has 0 radical (unpaired) electrons. The number of amides is 1. The van der Waals surface area contributed by atoms with E-state index in [9.17, 15) is 4.79 Å². The molecule has 0 spiro atoms. The monoisotopic (exact) mass is 183 g/mol. The third-order valence-electron chi connectivity index (χ3n) is 3.30. The Bertz CT molecular complexity index is 244. The maximum atomic E-state index is 11.8. The Morgan fingerprint density at radius 2 is 2.15 bits per heavy atom. The Hall–Kier alpha value is -0.570. The minimum atomic E-state index is -0.0511. The molecule has 2 aliphatic rings. The third-order valence-corrected chi connectivity index (χ3v) is 3.30. The first-order valence-electron chi connectivity index (χ1n) is 4.89. The van der Waals surface area contributed by atoms with Gasteiger partial charge >= 0.3 is 0 Å². The van der Waals surface area contributed by atoms with Gasteiger partial charge in [0.25, 0.3) is 0 Å². The summed E-state index contributed by atoms with van der Waals surface area (Å²) in [5.41, 5.74) is -0.0511. The van der Waals surface area contributed by atoms with Crippen molar-refractivity contribution in [2.75, 3.05) is 13.2 Å². The van der Waals surface area contributed by atoms with Crippen LogP contribution in [0.3, 0.4) is 0 Å². The molecule has 3 nitrogen and oxygen atoms in total. The van der Waals surface area contributed by atoms with Crippen LogP contribution in [-0.4, -0.2) is 34.6 Å². The molecule has 3 atom stereocenters. The van der Waals surface area contributed by atoms with Crippen molar-refractivity contribution in [3.05, 3.63) is 0 Å². The molecule has 1 N–H and O–H groups in total. The molecule has 1 heterocycles. The van der Waals surface area contributed by atoms with Gasteiger partial charge < -0.3 is 10.0 Å². The molecule has 3 unspecified atom stereocenters. The zero-order valence-electron chi connectivity index (χ0n) is 8.45. The van der Waals surface area contributed by atoms with Crippen molar-refractivity contribution in [2.24, 2.45) is 17.8 Å². The second kappa shape index (κ2) is 2.47. The molecule has 2 rings (SSSR count). The first kappa shape index (κ1) is 9.00. The first-order valence-corrected chi connectivity index (χ1v) is 4.89. The maximum absolute atomic E-state index is 11.8. The first-order chi connectivity index (χ1) is 5.96. The fourth-order valence-electron chi connectivity index (χ4n) is 2.39. The van der Waals surface area contributed by atoms with Crippen LogP contribution in [0.5, 0.6) is 0 Å². The van der Waals surface area contributed by atoms with Gasteiger partial charge in [-0.05, 0) is 32.6 Å². The number of carbonyl (C=O) groups is 1. The Kier molecular flexibility index (Phi) is 1.71. The molecular formula is C10H17NO2. The molecule has 3 heteroatoms. The highest BCUT2D eigenvalue weighted by Gasteiger charge is 2.62. The van der Waals surface area contributed by atoms with Gasteiger partial charge in [-0.2, -0.15) is 0 Å². The van der Waals surface area contributed by atoms with Crippen LogP contribution in [0, 0.1) is 17.8 Å². The summed E-state index contributed by atoms with van der Waals surface area (Å²) in [4.78, 5) is 13.7. The number of hydrogen-bond acceptors (Lipinski definition) is 2. The largest absolute Gasteiger partial charge is 0.396 e. The van der Waals surface area contributed by atoms with E-state index in [1.54, 1.807) is 0 Å². The zero-order chi connectivity index (χ0) is 9.80. The number of piperidine rings is 1. The van der Waals surface area contributed by atoms with Crippen LogP contribution >= 0.6 is 0 Å². The number of likely N-dealkylation sites (tertiary alicyclic amines) is 1. The average Bonchev–Trinajstić information content (AvgIpc) is 2.60. The fraction of sp³-hybridized carbons (Fsp3) is 0.900. The van der Waals surface area contributed by atoms with Crippen molar-refractivity contribution < 1.29 is 9.90 Å². The van der Waals surface area contributed by atoms with E-state index in [1.807, 2.05) is 4.90 Å². The van der Waals surface area contributed by atoms with Crippen molar-refractivity contribution in [3.63, 3.8) is 0 Å². The highest BCUT2D eigenvalue weighted by atomic mass is 16.3. The molecule has 2 fully saturated rings. The normalized spacial score (nSPS) is 38.0. The van der Waals surface area contributed by atoms with Gasteiger partial charge in [-0.15, -0.1) is 0 Å². The number of carbonyl (C=O) groups excluding carboxylic acids is 1. The van der Waals surface area contributed by atoms with Crippen molar-refractivity contribution in [1.82, 2.24) is 4.90 Å². The van der Waals surface area contributed by atoms with E-state index < -0.39 is 0 Å². The second-order valence-electron chi connectivity index (χ2n) is 5.16. The van der Waals surface area contributed by atoms with E-state index in [1.165, 1.54) is 0 Å². The molecule has 1 aliphatic heterocycles. The Labute approximate surface area is 78.7 Å². The predicted molar refractivity (Wildman–Crippen MR) is 49.0 cm³/mol. The van der Waals surface area contributed by atoms with Crippen LogP contribution in [0.2, 0.25) is 0 Å². The van der Waals surface area contributed by atoms with Crippen molar-refractivity contribution in [3.8, 4) is 0 Å². The lowest BCUT2D eigenvalue weighted by molar-refractivity contribution is -0.135. The lowest BCUT2D eigenvalue weighted by Crippen LogP contribution is -2.44. The molecule has 74 valence electrons. The molecule has 1 amide bonds. The van der Waals surface area contributed by atoms with E-state index in [0.29, 0.717) is 5.92 Å². The fourth-order valence-corrected chi connectivity index (χ4v) is 2.39. The van der Waals surface area contributed by atoms with Crippen LogP contribution in [0.4, 0.5) is 0 Å². The molecule has 1 saturated heterocycles. The van der Waals surface area contributed by atoms with E-state index >= 15 is 0 Å². The van der Waals surface area contributed by atoms with Gasteiger partial charge in [0, 0.05) is 24.6 Å². The number of aliphatic hydroxyl groups excluding tert-OH is 1. The van der Waals surface area contributed by atoms with Crippen LogP contribution in [-0.2, 0) is 4.79 Å². The summed E-state index contributed by atoms with van der Waals surface area (Å²) in [5, 5.41) is 8.95. The Balaban J connectivity index is 2.06. The van der Waals surface area contributed by atoms with Gasteiger partial charge in [-0.1, -0.05) is 0 Å². The minimum absolute atomic E-state index is 0.0511. The van der Waals surface area contributed by atoms with Gasteiger partial charge in [0.2, 0.25) is 5.91 Å². The van der Waals surface area contributed by atoms with Crippen LogP contribution < -0.4 is 0 Å². The van der Waals surface area contributed by atoms with E-state index in [0.717, 1.165) is 6.54 Å². The quantitative estimate of drug-likeness (QED) is 0.642. The van der Waals surface area contributed by atoms with Crippen LogP contribution in [0.1, 0.15) is 20.8 Å². The average molecular weight is 183 g/mol. The number of hydrogen-bond donors (Lipinski definition) is 1. The van der Waals surface area contributed by atoms with Gasteiger partial charge in [0.05, 0.1) is 0 Å². The molecule has 13 heavy (non-hydrogen) atoms. The van der Waals surface area contributed by atoms with E-state index in [-0.39, 0.29) is 29.9 Å². The van der Waals surface area contributed by atoms with Gasteiger partial charge in [-0.3, -0.25) is 4.79 Å². The van der Waals surface area contributed by atoms with E-state index in [2.05, 4.69) is 20.8 Å². The van der Waals surface area contributed by atoms with Crippen LogP contribution in [0.15, 0.2) is 0 Å². The molecule has 1 saturated carbocycles. The standard InChI is InChI=1S/C10H17NO2/c1-10(2,3)11-4-6-7(5-12)8(6)9(11)13/h6-8,12H,4-5H2,1-3H3. The number of nitrogens with zero attached hydrogens (tertiary/aromatic N) is 1. The van der Waals surface area contributed by atoms with Gasteiger partial charge in [0.1, 0.15) is 0 Å². The summed E-state index contributed by atoms with van der Waals surface area (Å²) in [7, 11) is 0. The maximum Gasteiger partial charge on any atom is 0.226 e. The lowest BCUT2D eigenvalue weighted by Gasteiger charge is -2.33. The smallest absolute Gasteiger partial charge is 0.226 e. The topological polar surface area (TPSA) is 40.5 Å². The van der Waals surface area contributed by atoms with Crippen molar-refractivity contribution in [2.45, 2.75) is 26.3 Å². The molecule has 1 aliphatic carbocycles. The zero-order valence-corrected chi connectivity index (χ0v) is 8.45. The summed E-state index contributed by atoms with van der Waals surface area (Å²) in [5.74, 6) is 1.10. The SMILES string of the molecule is CC(C)(C)N1CC2C(CO)C2C1=O. The summed E-state index contributed by atoms with van der Waals surface area (Å²) in [6, 6.07) is 0. The number of aliphatic hydroxyl groups is 1. The highest BCUT2D eigenvalue weighted by molar-refractivity contribution is 5.86. The van der Waals surface area contributed by atoms with Gasteiger partial charge in [0.15, 0.2) is 0 Å². The predicted octanol–water partition coefficient (Wildman–Crippen LogP) is 0.482. The molecule has 0 aromatic heterocycles. The number of fused-ring (bicyclic) bond motifs is 1. The van der Waals surface area contributed by atoms with Crippen molar-refractivity contribution in [1.29, 1.82) is 0 Å². The summed E-state index contributed by atoms with van der Waals surface area (Å²) < 4.78 is 0. The summed E-state index contributed by atoms with van der Waals surface area (Å²) in [6.45, 7) is 7.20. The highest BCUT2D eigenvalue weighted by Crippen LogP contribution is 2.53. The summed E-state index contributed by atoms with van der Waals surface area (Å²) in [6.07, 6.45) is 0.